The first-order chi connectivity index (χ1) is 19.3. The molecular weight excluding hydrogens is 534 g/mol. The Morgan fingerprint density at radius 1 is 1.15 bits per heavy atom. The number of nitro groups is 1. The smallest absolute Gasteiger partial charge is 0.338 e. The Bertz CT molecular complexity index is 1840. The number of carbonyl (C=O) groups is 1. The zero-order chi connectivity index (χ0) is 28.4. The number of ether oxygens (including phenoxy) is 2. The molecule has 0 saturated carbocycles. The maximum Gasteiger partial charge on any atom is 0.338 e. The molecule has 3 aromatic carbocycles. The van der Waals surface area contributed by atoms with Gasteiger partial charge in [0.1, 0.15) is 5.75 Å². The van der Waals surface area contributed by atoms with Gasteiger partial charge in [-0.3, -0.25) is 19.5 Å². The molecule has 0 bridgehead atoms. The molecule has 202 valence electrons. The van der Waals surface area contributed by atoms with Crippen molar-refractivity contribution in [3.8, 4) is 11.5 Å². The normalized spacial score (nSPS) is 14.8. The summed E-state index contributed by atoms with van der Waals surface area (Å²) in [6.45, 7) is 1.81. The predicted molar refractivity (Wildman–Crippen MR) is 149 cm³/mol. The lowest BCUT2D eigenvalue weighted by Gasteiger charge is -2.26. The van der Waals surface area contributed by atoms with Gasteiger partial charge in [-0.05, 0) is 30.7 Å². The van der Waals surface area contributed by atoms with Crippen LogP contribution in [0.4, 0.5) is 5.69 Å². The molecule has 1 N–H and O–H groups in total. The van der Waals surface area contributed by atoms with Gasteiger partial charge in [0.25, 0.3) is 5.56 Å². The summed E-state index contributed by atoms with van der Waals surface area (Å²) in [5.74, 6) is -0.647. The van der Waals surface area contributed by atoms with E-state index in [1.165, 1.54) is 36.0 Å². The van der Waals surface area contributed by atoms with Gasteiger partial charge in [0, 0.05) is 17.2 Å². The van der Waals surface area contributed by atoms with Crippen molar-refractivity contribution in [2.45, 2.75) is 13.0 Å². The third kappa shape index (κ3) is 4.78. The molecule has 0 fully saturated rings. The van der Waals surface area contributed by atoms with Gasteiger partial charge >= 0.3 is 11.7 Å². The number of nitrogens with zero attached hydrogens (tertiary/aromatic N) is 3. The fraction of sp³-hybridized carbons (Fsp3) is 0.138. The van der Waals surface area contributed by atoms with Crippen LogP contribution in [0.25, 0.3) is 11.8 Å². The van der Waals surface area contributed by atoms with E-state index >= 15 is 0 Å². The molecule has 0 saturated heterocycles. The van der Waals surface area contributed by atoms with E-state index in [0.29, 0.717) is 27.4 Å². The third-order valence-electron chi connectivity index (χ3n) is 6.31. The number of benzene rings is 3. The number of esters is 1. The van der Waals surface area contributed by atoms with Gasteiger partial charge in [-0.1, -0.05) is 65.9 Å². The van der Waals surface area contributed by atoms with Crippen molar-refractivity contribution < 1.29 is 24.3 Å². The van der Waals surface area contributed by atoms with Crippen LogP contribution in [0.5, 0.6) is 11.5 Å². The SMILES string of the molecule is CCOC(=O)C1=C(c2ccccc2)N=c2s/c(=C/c3cccc([N+](=O)[O-])c3O)c(=O)n2[C@@H]1c1cccc(OC)c1. The van der Waals surface area contributed by atoms with Crippen molar-refractivity contribution in [2.75, 3.05) is 13.7 Å². The predicted octanol–water partition coefficient (Wildman–Crippen LogP) is 3.56. The average Bonchev–Trinajstić information content (AvgIpc) is 3.28. The summed E-state index contributed by atoms with van der Waals surface area (Å²) in [5.41, 5.74) is 0.925. The number of hydrogen-bond acceptors (Lipinski definition) is 9. The first kappa shape index (κ1) is 26.6. The lowest BCUT2D eigenvalue weighted by Crippen LogP contribution is -2.40. The van der Waals surface area contributed by atoms with Crippen molar-refractivity contribution in [1.82, 2.24) is 4.57 Å². The highest BCUT2D eigenvalue weighted by Gasteiger charge is 2.35. The van der Waals surface area contributed by atoms with Gasteiger partial charge in [0.15, 0.2) is 4.80 Å². The number of nitro benzene ring substituents is 1. The number of aromatic nitrogens is 1. The van der Waals surface area contributed by atoms with Crippen molar-refractivity contribution in [3.63, 3.8) is 0 Å². The monoisotopic (exact) mass is 557 g/mol. The average molecular weight is 558 g/mol. The maximum absolute atomic E-state index is 13.9. The summed E-state index contributed by atoms with van der Waals surface area (Å²) in [7, 11) is 1.52. The minimum Gasteiger partial charge on any atom is -0.502 e. The second-order valence-electron chi connectivity index (χ2n) is 8.68. The van der Waals surface area contributed by atoms with Crippen LogP contribution < -0.4 is 19.6 Å². The number of phenolic OH excluding ortho intramolecular Hbond substituents is 1. The van der Waals surface area contributed by atoms with Crippen molar-refractivity contribution in [3.05, 3.63) is 125 Å². The number of carbonyl (C=O) groups excluding carboxylic acids is 1. The molecule has 0 amide bonds. The van der Waals surface area contributed by atoms with Crippen LogP contribution in [-0.2, 0) is 9.53 Å². The van der Waals surface area contributed by atoms with E-state index in [4.69, 9.17) is 14.5 Å². The number of aromatic hydroxyl groups is 1. The molecule has 2 heterocycles. The molecule has 1 aromatic heterocycles. The van der Waals surface area contributed by atoms with Crippen LogP contribution in [-0.4, -0.2) is 34.3 Å². The number of para-hydroxylation sites is 1. The highest BCUT2D eigenvalue weighted by atomic mass is 32.1. The molecule has 1 aliphatic rings. The largest absolute Gasteiger partial charge is 0.502 e. The number of fused-ring (bicyclic) bond motifs is 1. The summed E-state index contributed by atoms with van der Waals surface area (Å²) >= 11 is 1.04. The van der Waals surface area contributed by atoms with E-state index in [9.17, 15) is 24.8 Å². The molecular formula is C29H23N3O7S. The second-order valence-corrected chi connectivity index (χ2v) is 9.69. The summed E-state index contributed by atoms with van der Waals surface area (Å²) in [6.07, 6.45) is 1.38. The van der Waals surface area contributed by atoms with Gasteiger partial charge in [-0.2, -0.15) is 0 Å². The van der Waals surface area contributed by atoms with E-state index in [2.05, 4.69) is 0 Å². The number of methoxy groups -OCH3 is 1. The number of thiazole rings is 1. The van der Waals surface area contributed by atoms with Crippen LogP contribution in [0.15, 0.2) is 88.2 Å². The van der Waals surface area contributed by atoms with E-state index in [0.717, 1.165) is 11.3 Å². The zero-order valence-corrected chi connectivity index (χ0v) is 22.3. The molecule has 40 heavy (non-hydrogen) atoms. The Morgan fingerprint density at radius 3 is 2.60 bits per heavy atom. The van der Waals surface area contributed by atoms with E-state index in [-0.39, 0.29) is 22.3 Å². The van der Waals surface area contributed by atoms with Crippen LogP contribution >= 0.6 is 11.3 Å². The molecule has 1 aliphatic heterocycles. The Morgan fingerprint density at radius 2 is 1.90 bits per heavy atom. The summed E-state index contributed by atoms with van der Waals surface area (Å²) in [4.78, 5) is 43.1. The topological polar surface area (TPSA) is 133 Å². The molecule has 10 nitrogen and oxygen atoms in total. The molecule has 4 aromatic rings. The third-order valence-corrected chi connectivity index (χ3v) is 7.30. The summed E-state index contributed by atoms with van der Waals surface area (Å²) in [6, 6.07) is 19.3. The quantitative estimate of drug-likeness (QED) is 0.209. The minimum atomic E-state index is -0.915. The molecule has 0 aliphatic carbocycles. The maximum atomic E-state index is 13.9. The van der Waals surface area contributed by atoms with Crippen LogP contribution in [0.2, 0.25) is 0 Å². The fourth-order valence-electron chi connectivity index (χ4n) is 4.52. The standard InChI is InChI=1S/C29H23N3O7S/c1-3-39-28(35)23-24(17-9-5-4-6-10-17)30-29-31(25(23)18-11-7-13-20(15-18)38-2)27(34)22(40-29)16-19-12-8-14-21(26(19)33)32(36)37/h4-16,25,33H,3H2,1-2H3/b22-16+/t25-/m1/s1. The lowest BCUT2D eigenvalue weighted by atomic mass is 9.93. The van der Waals surface area contributed by atoms with Crippen molar-refractivity contribution >= 4 is 34.8 Å². The van der Waals surface area contributed by atoms with E-state index in [1.54, 1.807) is 31.2 Å². The lowest BCUT2D eigenvalue weighted by molar-refractivity contribution is -0.385. The number of rotatable bonds is 7. The molecule has 0 radical (unpaired) electrons. The fourth-order valence-corrected chi connectivity index (χ4v) is 5.51. The Kier molecular flexibility index (Phi) is 7.30. The van der Waals surface area contributed by atoms with E-state index in [1.807, 2.05) is 30.3 Å². The second kappa shape index (κ2) is 11.0. The van der Waals surface area contributed by atoms with Gasteiger partial charge < -0.3 is 14.6 Å². The first-order valence-electron chi connectivity index (χ1n) is 12.2. The Labute approximate surface area is 231 Å². The van der Waals surface area contributed by atoms with Gasteiger partial charge in [0.2, 0.25) is 5.75 Å². The Balaban J connectivity index is 1.84. The molecule has 0 unspecified atom stereocenters. The summed E-state index contributed by atoms with van der Waals surface area (Å²) in [5, 5.41) is 21.8. The van der Waals surface area contributed by atoms with E-state index < -0.39 is 33.9 Å². The Hall–Kier alpha value is -5.03. The highest BCUT2D eigenvalue weighted by Crippen LogP contribution is 2.36. The molecule has 0 spiro atoms. The minimum absolute atomic E-state index is 0.102. The van der Waals surface area contributed by atoms with Crippen molar-refractivity contribution in [2.24, 2.45) is 4.99 Å². The highest BCUT2D eigenvalue weighted by molar-refractivity contribution is 7.07. The van der Waals surface area contributed by atoms with Gasteiger partial charge in [-0.15, -0.1) is 0 Å². The molecule has 5 rings (SSSR count). The zero-order valence-electron chi connectivity index (χ0n) is 21.4. The van der Waals surface area contributed by atoms with Crippen molar-refractivity contribution in [1.29, 1.82) is 0 Å². The summed E-state index contributed by atoms with van der Waals surface area (Å²) < 4.78 is 12.4. The van der Waals surface area contributed by atoms with Gasteiger partial charge in [-0.25, -0.2) is 9.79 Å². The number of phenols is 1. The van der Waals surface area contributed by atoms with Crippen LogP contribution in [0.3, 0.4) is 0 Å². The van der Waals surface area contributed by atoms with Crippen LogP contribution in [0, 0.1) is 10.1 Å². The van der Waals surface area contributed by atoms with Crippen LogP contribution in [0.1, 0.15) is 29.7 Å². The van der Waals surface area contributed by atoms with Gasteiger partial charge in [0.05, 0.1) is 40.5 Å². The molecule has 1 atom stereocenters. The number of hydrogen-bond donors (Lipinski definition) is 1. The first-order valence-corrected chi connectivity index (χ1v) is 13.0. The molecule has 11 heteroatoms.